The molecule has 0 saturated heterocycles. The molecular weight excluding hydrogens is 201 g/mol. The molecule has 0 aliphatic heterocycles. The van der Waals surface area contributed by atoms with Crippen LogP contribution in [0.4, 0.5) is 13.2 Å². The summed E-state index contributed by atoms with van der Waals surface area (Å²) in [5.74, 6) is -3.35. The smallest absolute Gasteiger partial charge is 0.169 e. The summed E-state index contributed by atoms with van der Waals surface area (Å²) in [6.07, 6.45) is 0. The summed E-state index contributed by atoms with van der Waals surface area (Å²) in [6.45, 7) is 3.33. The Labute approximate surface area is 78.6 Å². The number of hydrogen-bond acceptors (Lipinski definition) is 0. The number of alkyl halides is 1. The van der Waals surface area contributed by atoms with E-state index in [0.717, 1.165) is 12.1 Å². The zero-order valence-electron chi connectivity index (χ0n) is 6.58. The zero-order chi connectivity index (χ0) is 10.0. The van der Waals surface area contributed by atoms with Crippen molar-refractivity contribution in [3.05, 3.63) is 41.7 Å². The van der Waals surface area contributed by atoms with E-state index in [1.807, 2.05) is 0 Å². The van der Waals surface area contributed by atoms with E-state index in [9.17, 15) is 13.2 Å². The molecule has 0 bridgehead atoms. The lowest BCUT2D eigenvalue weighted by Crippen LogP contribution is -1.98. The first-order valence-electron chi connectivity index (χ1n) is 3.45. The topological polar surface area (TPSA) is 0 Å². The maximum atomic E-state index is 13.0. The van der Waals surface area contributed by atoms with Crippen LogP contribution in [0, 0.1) is 17.5 Å². The molecule has 0 nitrogen and oxygen atoms in total. The van der Waals surface area contributed by atoms with E-state index in [2.05, 4.69) is 6.58 Å². The third kappa shape index (κ3) is 1.86. The molecule has 0 atom stereocenters. The second-order valence-corrected chi connectivity index (χ2v) is 2.72. The molecular formula is C9H6ClF3. The van der Waals surface area contributed by atoms with Crippen LogP contribution < -0.4 is 0 Å². The van der Waals surface area contributed by atoms with Gasteiger partial charge in [0.2, 0.25) is 0 Å². The maximum Gasteiger partial charge on any atom is 0.169 e. The van der Waals surface area contributed by atoms with E-state index in [0.29, 0.717) is 0 Å². The van der Waals surface area contributed by atoms with Crippen molar-refractivity contribution in [1.29, 1.82) is 0 Å². The molecule has 0 spiro atoms. The molecule has 1 aromatic carbocycles. The first-order valence-corrected chi connectivity index (χ1v) is 3.99. The number of rotatable bonds is 2. The van der Waals surface area contributed by atoms with Gasteiger partial charge in [0, 0.05) is 5.88 Å². The SMILES string of the molecule is C=C(CCl)c1c(F)ccc(F)c1F. The Hall–Kier alpha value is -0.960. The van der Waals surface area contributed by atoms with E-state index >= 15 is 0 Å². The molecule has 0 aromatic heterocycles. The highest BCUT2D eigenvalue weighted by Gasteiger charge is 2.15. The summed E-state index contributed by atoms with van der Waals surface area (Å²) in [5.41, 5.74) is -0.453. The molecule has 0 aliphatic carbocycles. The van der Waals surface area contributed by atoms with Crippen molar-refractivity contribution in [1.82, 2.24) is 0 Å². The third-order valence-electron chi connectivity index (χ3n) is 1.56. The minimum atomic E-state index is -1.24. The Balaban J connectivity index is 3.33. The van der Waals surface area contributed by atoms with Gasteiger partial charge >= 0.3 is 0 Å². The van der Waals surface area contributed by atoms with E-state index in [1.165, 1.54) is 0 Å². The van der Waals surface area contributed by atoms with E-state index in [4.69, 9.17) is 11.6 Å². The standard InChI is InChI=1S/C9H6ClF3/c1-5(4-10)8-6(11)2-3-7(12)9(8)13/h2-3H,1,4H2. The lowest BCUT2D eigenvalue weighted by molar-refractivity contribution is 0.491. The van der Waals surface area contributed by atoms with Gasteiger partial charge in [0.15, 0.2) is 11.6 Å². The zero-order valence-corrected chi connectivity index (χ0v) is 7.34. The van der Waals surface area contributed by atoms with Gasteiger partial charge in [-0.15, -0.1) is 11.6 Å². The van der Waals surface area contributed by atoms with Gasteiger partial charge < -0.3 is 0 Å². The fourth-order valence-corrected chi connectivity index (χ4v) is 1.05. The summed E-state index contributed by atoms with van der Waals surface area (Å²) in [4.78, 5) is 0. The van der Waals surface area contributed by atoms with Crippen LogP contribution in [0.2, 0.25) is 0 Å². The average Bonchev–Trinajstić information content (AvgIpc) is 2.12. The number of benzene rings is 1. The minimum absolute atomic E-state index is 0.0242. The number of hydrogen-bond donors (Lipinski definition) is 0. The van der Waals surface area contributed by atoms with Crippen LogP contribution in [-0.4, -0.2) is 5.88 Å². The second kappa shape index (κ2) is 3.83. The van der Waals surface area contributed by atoms with Crippen molar-refractivity contribution in [2.45, 2.75) is 0 Å². The van der Waals surface area contributed by atoms with Gasteiger partial charge in [0.1, 0.15) is 5.82 Å². The predicted octanol–water partition coefficient (Wildman–Crippen LogP) is 3.36. The molecule has 0 radical (unpaired) electrons. The first kappa shape index (κ1) is 10.1. The molecule has 0 fully saturated rings. The van der Waals surface area contributed by atoms with Crippen LogP contribution in [-0.2, 0) is 0 Å². The third-order valence-corrected chi connectivity index (χ3v) is 1.88. The number of allylic oxidation sites excluding steroid dienone is 1. The molecule has 0 unspecified atom stereocenters. The minimum Gasteiger partial charge on any atom is -0.206 e. The molecule has 0 aliphatic rings. The molecule has 0 heterocycles. The van der Waals surface area contributed by atoms with Crippen LogP contribution >= 0.6 is 11.6 Å². The van der Waals surface area contributed by atoms with Crippen molar-refractivity contribution in [2.24, 2.45) is 0 Å². The van der Waals surface area contributed by atoms with Gasteiger partial charge in [-0.25, -0.2) is 13.2 Å². The van der Waals surface area contributed by atoms with Crippen LogP contribution in [0.5, 0.6) is 0 Å². The van der Waals surface area contributed by atoms with Gasteiger partial charge in [-0.2, -0.15) is 0 Å². The van der Waals surface area contributed by atoms with Gasteiger partial charge in [-0.1, -0.05) is 6.58 Å². The Morgan fingerprint density at radius 2 is 1.77 bits per heavy atom. The Morgan fingerprint density at radius 3 is 2.31 bits per heavy atom. The second-order valence-electron chi connectivity index (χ2n) is 2.46. The van der Waals surface area contributed by atoms with Crippen LogP contribution in [0.1, 0.15) is 5.56 Å². The van der Waals surface area contributed by atoms with Crippen molar-refractivity contribution < 1.29 is 13.2 Å². The maximum absolute atomic E-state index is 13.0. The Bertz CT molecular complexity index is 347. The van der Waals surface area contributed by atoms with Crippen molar-refractivity contribution in [3.63, 3.8) is 0 Å². The fraction of sp³-hybridized carbons (Fsp3) is 0.111. The summed E-state index contributed by atoms with van der Waals surface area (Å²) in [6, 6.07) is 1.56. The highest BCUT2D eigenvalue weighted by Crippen LogP contribution is 2.23. The average molecular weight is 207 g/mol. The first-order chi connectivity index (χ1) is 6.07. The monoisotopic (exact) mass is 206 g/mol. The lowest BCUT2D eigenvalue weighted by atomic mass is 10.1. The summed E-state index contributed by atoms with van der Waals surface area (Å²) in [5, 5.41) is 0. The normalized spacial score (nSPS) is 10.2. The van der Waals surface area contributed by atoms with E-state index in [1.54, 1.807) is 0 Å². The van der Waals surface area contributed by atoms with Crippen molar-refractivity contribution in [3.8, 4) is 0 Å². The highest BCUT2D eigenvalue weighted by molar-refractivity contribution is 6.23. The van der Waals surface area contributed by atoms with Crippen LogP contribution in [0.25, 0.3) is 5.57 Å². The number of halogens is 4. The van der Waals surface area contributed by atoms with Gasteiger partial charge in [-0.3, -0.25) is 0 Å². The summed E-state index contributed by atoms with van der Waals surface area (Å²) >= 11 is 5.33. The van der Waals surface area contributed by atoms with Crippen LogP contribution in [0.15, 0.2) is 18.7 Å². The molecule has 0 amide bonds. The molecule has 0 saturated carbocycles. The predicted molar refractivity (Wildman–Crippen MR) is 46.1 cm³/mol. The van der Waals surface area contributed by atoms with Crippen molar-refractivity contribution >= 4 is 17.2 Å². The van der Waals surface area contributed by atoms with Crippen molar-refractivity contribution in [2.75, 3.05) is 5.88 Å². The van der Waals surface area contributed by atoms with Gasteiger partial charge in [-0.05, 0) is 17.7 Å². The highest BCUT2D eigenvalue weighted by atomic mass is 35.5. The van der Waals surface area contributed by atoms with Gasteiger partial charge in [0.25, 0.3) is 0 Å². The summed E-state index contributed by atoms with van der Waals surface area (Å²) in [7, 11) is 0. The fourth-order valence-electron chi connectivity index (χ4n) is 0.918. The van der Waals surface area contributed by atoms with Gasteiger partial charge in [0.05, 0.1) is 5.56 Å². The Kier molecular flexibility index (Phi) is 2.98. The molecule has 0 N–H and O–H groups in total. The molecule has 70 valence electrons. The largest absolute Gasteiger partial charge is 0.206 e. The van der Waals surface area contributed by atoms with Crippen LogP contribution in [0.3, 0.4) is 0 Å². The molecule has 1 aromatic rings. The Morgan fingerprint density at radius 1 is 1.23 bits per heavy atom. The molecule has 1 rings (SSSR count). The van der Waals surface area contributed by atoms with E-state index in [-0.39, 0.29) is 11.5 Å². The molecule has 13 heavy (non-hydrogen) atoms. The van der Waals surface area contributed by atoms with E-state index < -0.39 is 23.0 Å². The summed E-state index contributed by atoms with van der Waals surface area (Å²) < 4.78 is 38.5. The lowest BCUT2D eigenvalue weighted by Gasteiger charge is -2.05. The molecule has 4 heteroatoms. The quantitative estimate of drug-likeness (QED) is 0.514.